The molecule has 28 heavy (non-hydrogen) atoms. The molecule has 3 aliphatic heterocycles. The molecular weight excluding hydrogens is 400 g/mol. The molecule has 4 rings (SSSR count). The Morgan fingerprint density at radius 3 is 2.39 bits per heavy atom. The van der Waals surface area contributed by atoms with Gasteiger partial charge in [0.1, 0.15) is 4.21 Å². The van der Waals surface area contributed by atoms with E-state index in [0.717, 1.165) is 37.0 Å². The minimum Gasteiger partial charge on any atom is -0.350 e. The molecule has 0 atom stereocenters. The molecule has 0 aromatic carbocycles. The van der Waals surface area contributed by atoms with E-state index in [1.54, 1.807) is 16.4 Å². The Kier molecular flexibility index (Phi) is 6.37. The van der Waals surface area contributed by atoms with Crippen molar-refractivity contribution in [2.75, 3.05) is 39.4 Å². The minimum atomic E-state index is -3.42. The normalized spacial score (nSPS) is 23.4. The smallest absolute Gasteiger partial charge is 0.252 e. The van der Waals surface area contributed by atoms with Crippen LogP contribution in [-0.4, -0.2) is 69.2 Å². The molecule has 0 unspecified atom stereocenters. The van der Waals surface area contributed by atoms with Crippen LogP contribution in [0.4, 0.5) is 0 Å². The summed E-state index contributed by atoms with van der Waals surface area (Å²) in [5, 5.41) is 0. The van der Waals surface area contributed by atoms with Crippen LogP contribution in [0, 0.1) is 5.92 Å². The van der Waals surface area contributed by atoms with Crippen LogP contribution in [0.15, 0.2) is 16.3 Å². The van der Waals surface area contributed by atoms with Gasteiger partial charge in [0.05, 0.1) is 19.6 Å². The van der Waals surface area contributed by atoms with Gasteiger partial charge in [0.2, 0.25) is 5.91 Å². The van der Waals surface area contributed by atoms with Gasteiger partial charge in [-0.1, -0.05) is 6.42 Å². The number of sulfonamides is 1. The van der Waals surface area contributed by atoms with Crippen molar-refractivity contribution in [1.29, 1.82) is 0 Å². The zero-order valence-corrected chi connectivity index (χ0v) is 17.7. The van der Waals surface area contributed by atoms with Gasteiger partial charge in [-0.15, -0.1) is 11.3 Å². The average Bonchev–Trinajstić information content (AvgIpc) is 3.41. The van der Waals surface area contributed by atoms with Crippen LogP contribution >= 0.6 is 11.3 Å². The van der Waals surface area contributed by atoms with E-state index in [1.165, 1.54) is 11.3 Å². The predicted octanol–water partition coefficient (Wildman–Crippen LogP) is 2.08. The molecule has 0 bridgehead atoms. The van der Waals surface area contributed by atoms with Crippen LogP contribution in [0.1, 0.15) is 37.0 Å². The third-order valence-corrected chi connectivity index (χ3v) is 9.25. The quantitative estimate of drug-likeness (QED) is 0.718. The van der Waals surface area contributed by atoms with E-state index in [-0.39, 0.29) is 18.6 Å². The van der Waals surface area contributed by atoms with E-state index in [1.807, 2.05) is 4.90 Å². The Labute approximate surface area is 170 Å². The van der Waals surface area contributed by atoms with Crippen LogP contribution < -0.4 is 0 Å². The largest absolute Gasteiger partial charge is 0.350 e. The molecule has 3 saturated heterocycles. The summed E-state index contributed by atoms with van der Waals surface area (Å²) < 4.78 is 38.6. The summed E-state index contributed by atoms with van der Waals surface area (Å²) in [5.74, 6) is 0.421. The number of ether oxygens (including phenoxy) is 2. The number of piperidine rings is 2. The number of thiophene rings is 1. The monoisotopic (exact) mass is 428 g/mol. The first-order valence-electron chi connectivity index (χ1n) is 10.1. The number of carbonyl (C=O) groups is 1. The van der Waals surface area contributed by atoms with Gasteiger partial charge in [0, 0.05) is 37.0 Å². The van der Waals surface area contributed by atoms with Crippen molar-refractivity contribution in [2.45, 2.75) is 49.0 Å². The molecule has 1 amide bonds. The Balaban J connectivity index is 1.32. The van der Waals surface area contributed by atoms with Gasteiger partial charge in [0.25, 0.3) is 10.0 Å². The molecule has 156 valence electrons. The summed E-state index contributed by atoms with van der Waals surface area (Å²) in [6, 6.07) is 3.44. The first-order valence-corrected chi connectivity index (χ1v) is 12.4. The highest BCUT2D eigenvalue weighted by atomic mass is 32.2. The molecule has 0 spiro atoms. The van der Waals surface area contributed by atoms with Crippen LogP contribution in [-0.2, 0) is 30.7 Å². The third-order valence-electron chi connectivity index (χ3n) is 5.80. The fourth-order valence-corrected chi connectivity index (χ4v) is 7.17. The van der Waals surface area contributed by atoms with E-state index >= 15 is 0 Å². The Morgan fingerprint density at radius 1 is 1.04 bits per heavy atom. The molecule has 3 fully saturated rings. The Morgan fingerprint density at radius 2 is 1.71 bits per heavy atom. The van der Waals surface area contributed by atoms with Gasteiger partial charge in [0.15, 0.2) is 6.29 Å². The fraction of sp³-hybridized carbons (Fsp3) is 0.737. The number of nitrogens with zero attached hydrogens (tertiary/aromatic N) is 2. The highest BCUT2D eigenvalue weighted by Gasteiger charge is 2.32. The number of likely N-dealkylation sites (tertiary alicyclic amines) is 1. The maximum absolute atomic E-state index is 12.8. The maximum Gasteiger partial charge on any atom is 0.252 e. The van der Waals surface area contributed by atoms with Gasteiger partial charge < -0.3 is 14.4 Å². The number of carbonyl (C=O) groups excluding carboxylic acids is 1. The maximum atomic E-state index is 12.8. The standard InChI is InChI=1S/C19H28N2O5S2/c22-17(20-10-6-15(7-11-20)19-25-12-13-26-19)14-16-4-5-18(27-16)28(23,24)21-8-2-1-3-9-21/h4-5,15,19H,1-3,6-14H2. The molecule has 0 aliphatic carbocycles. The van der Waals surface area contributed by atoms with Gasteiger partial charge in [-0.2, -0.15) is 4.31 Å². The van der Waals surface area contributed by atoms with Gasteiger partial charge >= 0.3 is 0 Å². The Hall–Kier alpha value is -1.00. The lowest BCUT2D eigenvalue weighted by Gasteiger charge is -2.33. The predicted molar refractivity (Wildman–Crippen MR) is 106 cm³/mol. The molecular formula is C19H28N2O5S2. The van der Waals surface area contributed by atoms with Gasteiger partial charge in [-0.05, 0) is 37.8 Å². The average molecular weight is 429 g/mol. The van der Waals surface area contributed by atoms with Gasteiger partial charge in [-0.3, -0.25) is 4.79 Å². The lowest BCUT2D eigenvalue weighted by Crippen LogP contribution is -2.42. The molecule has 1 aromatic rings. The zero-order valence-electron chi connectivity index (χ0n) is 16.0. The highest BCUT2D eigenvalue weighted by Crippen LogP contribution is 2.29. The molecule has 0 radical (unpaired) electrons. The van der Waals surface area contributed by atoms with Crippen molar-refractivity contribution < 1.29 is 22.7 Å². The van der Waals surface area contributed by atoms with Gasteiger partial charge in [-0.25, -0.2) is 8.42 Å². The Bertz CT molecular complexity index is 774. The summed E-state index contributed by atoms with van der Waals surface area (Å²) in [5.41, 5.74) is 0. The van der Waals surface area contributed by atoms with Crippen molar-refractivity contribution in [3.05, 3.63) is 17.0 Å². The summed E-state index contributed by atoms with van der Waals surface area (Å²) in [6.45, 7) is 3.92. The van der Waals surface area contributed by atoms with E-state index in [4.69, 9.17) is 9.47 Å². The second kappa shape index (κ2) is 8.79. The van der Waals surface area contributed by atoms with E-state index in [0.29, 0.717) is 49.5 Å². The first kappa shape index (κ1) is 20.3. The summed E-state index contributed by atoms with van der Waals surface area (Å²) in [4.78, 5) is 15.4. The van der Waals surface area contributed by atoms with Crippen LogP contribution in [0.2, 0.25) is 0 Å². The SMILES string of the molecule is O=C(Cc1ccc(S(=O)(=O)N2CCCCC2)s1)N1CCC(C2OCCO2)CC1. The third kappa shape index (κ3) is 4.43. The summed E-state index contributed by atoms with van der Waals surface area (Å²) in [7, 11) is -3.42. The number of amides is 1. The van der Waals surface area contributed by atoms with Crippen molar-refractivity contribution in [3.8, 4) is 0 Å². The van der Waals surface area contributed by atoms with Crippen molar-refractivity contribution >= 4 is 27.3 Å². The lowest BCUT2D eigenvalue weighted by atomic mass is 9.96. The topological polar surface area (TPSA) is 76.2 Å². The minimum absolute atomic E-state index is 0.0653. The second-order valence-corrected chi connectivity index (χ2v) is 11.0. The van der Waals surface area contributed by atoms with Crippen molar-refractivity contribution in [2.24, 2.45) is 5.92 Å². The van der Waals surface area contributed by atoms with Crippen LogP contribution in [0.3, 0.4) is 0 Å². The molecule has 0 saturated carbocycles. The number of hydrogen-bond donors (Lipinski definition) is 0. The van der Waals surface area contributed by atoms with E-state index in [2.05, 4.69) is 0 Å². The summed E-state index contributed by atoms with van der Waals surface area (Å²) >= 11 is 1.23. The van der Waals surface area contributed by atoms with Crippen molar-refractivity contribution in [3.63, 3.8) is 0 Å². The highest BCUT2D eigenvalue weighted by molar-refractivity contribution is 7.91. The second-order valence-electron chi connectivity index (χ2n) is 7.69. The van der Waals surface area contributed by atoms with Crippen LogP contribution in [0.25, 0.3) is 0 Å². The van der Waals surface area contributed by atoms with E-state index < -0.39 is 10.0 Å². The molecule has 3 aliphatic rings. The lowest BCUT2D eigenvalue weighted by molar-refractivity contribution is -0.136. The molecule has 9 heteroatoms. The van der Waals surface area contributed by atoms with E-state index in [9.17, 15) is 13.2 Å². The molecule has 4 heterocycles. The number of hydrogen-bond acceptors (Lipinski definition) is 6. The zero-order chi connectivity index (χ0) is 19.6. The summed E-state index contributed by atoms with van der Waals surface area (Å²) in [6.07, 6.45) is 4.85. The van der Waals surface area contributed by atoms with Crippen molar-refractivity contribution in [1.82, 2.24) is 9.21 Å². The number of rotatable bonds is 5. The molecule has 0 N–H and O–H groups in total. The molecule has 1 aromatic heterocycles. The molecule has 7 nitrogen and oxygen atoms in total. The fourth-order valence-electron chi connectivity index (χ4n) is 4.16. The first-order chi connectivity index (χ1) is 13.5. The van der Waals surface area contributed by atoms with Crippen LogP contribution in [0.5, 0.6) is 0 Å².